The van der Waals surface area contributed by atoms with Crippen molar-refractivity contribution in [2.75, 3.05) is 13.2 Å². The minimum atomic E-state index is -1.02. The molecule has 0 amide bonds. The zero-order chi connectivity index (χ0) is 57.9. The van der Waals surface area contributed by atoms with Crippen molar-refractivity contribution < 1.29 is 61.3 Å². The van der Waals surface area contributed by atoms with Gasteiger partial charge in [-0.05, 0) is 110 Å². The highest BCUT2D eigenvalue weighted by Crippen LogP contribution is 2.38. The Hall–Kier alpha value is -7.16. The lowest BCUT2D eigenvalue weighted by atomic mass is 10.0. The molecule has 81 heavy (non-hydrogen) atoms. The van der Waals surface area contributed by atoms with Gasteiger partial charge < -0.3 is 28.4 Å². The molecule has 0 fully saturated rings. The maximum absolute atomic E-state index is 14.9. The largest absolute Gasteiger partial charge is 0.491 e. The number of nitrogens with zero attached hydrogens (tertiary/aromatic N) is 1. The number of para-hydroxylation sites is 1. The van der Waals surface area contributed by atoms with Gasteiger partial charge in [0.25, 0.3) is 0 Å². The molecule has 0 spiro atoms. The van der Waals surface area contributed by atoms with E-state index >= 15 is 0 Å². The van der Waals surface area contributed by atoms with E-state index < -0.39 is 57.6 Å². The summed E-state index contributed by atoms with van der Waals surface area (Å²) in [5.74, 6) is -6.07. The maximum Gasteiger partial charge on any atom is 0.353 e. The number of ether oxygens (including phenoxy) is 6. The number of nitro benzene ring substituents is 1. The van der Waals surface area contributed by atoms with E-state index in [1.165, 1.54) is 220 Å². The summed E-state index contributed by atoms with van der Waals surface area (Å²) in [5, 5.41) is 12.3. The smallest absolute Gasteiger partial charge is 0.353 e. The molecule has 5 aromatic carbocycles. The van der Waals surface area contributed by atoms with Crippen LogP contribution in [0, 0.1) is 21.7 Å². The Morgan fingerprint density at radius 3 is 0.951 bits per heavy atom. The van der Waals surface area contributed by atoms with Crippen LogP contribution in [0.3, 0.4) is 0 Å². The van der Waals surface area contributed by atoms with Crippen molar-refractivity contribution in [3.05, 3.63) is 147 Å². The summed E-state index contributed by atoms with van der Waals surface area (Å²) in [4.78, 5) is 63.5. The lowest BCUT2D eigenvalue weighted by Gasteiger charge is -2.10. The molecule has 0 aliphatic carbocycles. The molecule has 0 unspecified atom stereocenters. The van der Waals surface area contributed by atoms with Gasteiger partial charge in [-0.1, -0.05) is 187 Å². The van der Waals surface area contributed by atoms with Crippen LogP contribution in [-0.2, 0) is 0 Å². The van der Waals surface area contributed by atoms with Gasteiger partial charge in [0.05, 0.1) is 40.4 Å². The van der Waals surface area contributed by atoms with Crippen molar-refractivity contribution in [1.29, 1.82) is 0 Å². The van der Waals surface area contributed by atoms with Gasteiger partial charge in [0.1, 0.15) is 11.5 Å². The number of carbonyl (C=O) groups is 4. The summed E-state index contributed by atoms with van der Waals surface area (Å²) in [6.45, 7) is 5.20. The van der Waals surface area contributed by atoms with Crippen LogP contribution >= 0.6 is 0 Å². The number of esters is 4. The summed E-state index contributed by atoms with van der Waals surface area (Å²) in [6, 6.07) is 21.5. The average Bonchev–Trinajstić information content (AvgIpc) is 3.46. The first kappa shape index (κ1) is 64.7. The molecule has 5 rings (SSSR count). The molecule has 0 saturated carbocycles. The fourth-order valence-corrected chi connectivity index (χ4v) is 9.26. The topological polar surface area (TPSA) is 167 Å². The predicted octanol–water partition coefficient (Wildman–Crippen LogP) is 18.5. The zero-order valence-corrected chi connectivity index (χ0v) is 47.6. The van der Waals surface area contributed by atoms with E-state index in [0.29, 0.717) is 13.2 Å². The third-order valence-electron chi connectivity index (χ3n) is 14.0. The van der Waals surface area contributed by atoms with Crippen LogP contribution in [0.1, 0.15) is 235 Å². The van der Waals surface area contributed by atoms with Crippen LogP contribution < -0.4 is 28.4 Å². The number of rotatable bonds is 41. The van der Waals surface area contributed by atoms with Gasteiger partial charge in [-0.3, -0.25) is 10.1 Å². The van der Waals surface area contributed by atoms with Crippen LogP contribution in [0.25, 0.3) is 0 Å². The Kier molecular flexibility index (Phi) is 30.1. The molecule has 0 aliphatic heterocycles. The second kappa shape index (κ2) is 37.7. The summed E-state index contributed by atoms with van der Waals surface area (Å²) >= 11 is 0. The van der Waals surface area contributed by atoms with Crippen LogP contribution in [0.15, 0.2) is 103 Å². The molecule has 0 radical (unpaired) electrons. The molecular weight excluding hydrogens is 1040 g/mol. The van der Waals surface area contributed by atoms with Gasteiger partial charge in [0.2, 0.25) is 11.5 Å². The predicted molar refractivity (Wildman–Crippen MR) is 310 cm³/mol. The van der Waals surface area contributed by atoms with Gasteiger partial charge >= 0.3 is 29.6 Å². The van der Waals surface area contributed by atoms with E-state index in [1.54, 1.807) is 0 Å². The fraction of sp³-hybridized carbons (Fsp3) is 0.485. The minimum absolute atomic E-state index is 0.0254. The fourth-order valence-electron chi connectivity index (χ4n) is 9.26. The third-order valence-corrected chi connectivity index (χ3v) is 14.0. The number of nitro groups is 1. The summed E-state index contributed by atoms with van der Waals surface area (Å²) < 4.78 is 62.6. The van der Waals surface area contributed by atoms with Crippen molar-refractivity contribution in [1.82, 2.24) is 0 Å². The number of hydrogen-bond acceptors (Lipinski definition) is 12. The zero-order valence-electron chi connectivity index (χ0n) is 47.6. The maximum atomic E-state index is 14.9. The standard InChI is InChI=1S/C66H83F2NO12/c1-3-5-7-9-11-13-15-17-19-21-23-25-27-29-46-76-58-44-38-52(48-56(58)67)65(72)78-54-40-34-50(35-41-54)63(70)80-60-32-31-33-61(62(60)69(74)75)81-64(71)51-36-42-55(43-37-51)79-66(73)53-39-45-59(57(68)49-53)77-47-30-28-26-24-22-20-18-16-14-12-10-8-6-4-2/h31-45,48-49H,3-30,46-47H2,1-2H3. The number of hydrogen-bond donors (Lipinski definition) is 0. The lowest BCUT2D eigenvalue weighted by molar-refractivity contribution is -0.386. The van der Waals surface area contributed by atoms with Crippen molar-refractivity contribution in [2.45, 2.75) is 194 Å². The van der Waals surface area contributed by atoms with Crippen molar-refractivity contribution >= 4 is 29.6 Å². The van der Waals surface area contributed by atoms with Crippen LogP contribution in [-0.4, -0.2) is 42.0 Å². The first-order valence-corrected chi connectivity index (χ1v) is 29.7. The highest BCUT2D eigenvalue weighted by Gasteiger charge is 2.27. The molecule has 0 atom stereocenters. The quantitative estimate of drug-likeness (QED) is 0.0120. The average molecular weight is 1120 g/mol. The first-order valence-electron chi connectivity index (χ1n) is 29.7. The van der Waals surface area contributed by atoms with Crippen LogP contribution in [0.4, 0.5) is 14.5 Å². The second-order valence-electron chi connectivity index (χ2n) is 20.6. The normalized spacial score (nSPS) is 11.0. The molecule has 0 aromatic heterocycles. The van der Waals surface area contributed by atoms with Gasteiger partial charge in [0, 0.05) is 0 Å². The Bertz CT molecular complexity index is 2520. The monoisotopic (exact) mass is 1120 g/mol. The molecule has 0 aliphatic rings. The molecule has 0 bridgehead atoms. The van der Waals surface area contributed by atoms with E-state index in [1.807, 2.05) is 0 Å². The van der Waals surface area contributed by atoms with Crippen LogP contribution in [0.5, 0.6) is 34.5 Å². The van der Waals surface area contributed by atoms with Crippen molar-refractivity contribution in [3.8, 4) is 34.5 Å². The van der Waals surface area contributed by atoms with Gasteiger partial charge in [-0.2, -0.15) is 0 Å². The summed E-state index contributed by atoms with van der Waals surface area (Å²) in [5.41, 5.74) is -1.07. The third kappa shape index (κ3) is 24.2. The number of halogens is 2. The van der Waals surface area contributed by atoms with Crippen molar-refractivity contribution in [2.24, 2.45) is 0 Å². The minimum Gasteiger partial charge on any atom is -0.491 e. The molecule has 0 N–H and O–H groups in total. The van der Waals surface area contributed by atoms with Gasteiger partial charge in [-0.25, -0.2) is 28.0 Å². The number of carbonyl (C=O) groups excluding carboxylic acids is 4. The van der Waals surface area contributed by atoms with Crippen molar-refractivity contribution in [3.63, 3.8) is 0 Å². The molecule has 0 saturated heterocycles. The Morgan fingerprint density at radius 2 is 0.654 bits per heavy atom. The SMILES string of the molecule is CCCCCCCCCCCCCCCCOc1ccc(C(=O)Oc2ccc(C(=O)Oc3cccc(OC(=O)c4ccc(OC(=O)c5ccc(OCCCCCCCCCCCCCCCC)c(F)c5)cc4)c3[N+](=O)[O-])cc2)cc1F. The van der Waals surface area contributed by atoms with E-state index in [-0.39, 0.29) is 45.3 Å². The molecule has 438 valence electrons. The van der Waals surface area contributed by atoms with E-state index in [2.05, 4.69) is 13.8 Å². The molecular formula is C66H83F2NO12. The Labute approximate surface area is 477 Å². The highest BCUT2D eigenvalue weighted by molar-refractivity contribution is 5.95. The number of unbranched alkanes of at least 4 members (excludes halogenated alkanes) is 26. The van der Waals surface area contributed by atoms with Gasteiger partial charge in [0.15, 0.2) is 23.1 Å². The summed E-state index contributed by atoms with van der Waals surface area (Å²) in [6.07, 6.45) is 34.4. The molecule has 13 nitrogen and oxygen atoms in total. The Morgan fingerprint density at radius 1 is 0.370 bits per heavy atom. The van der Waals surface area contributed by atoms with E-state index in [4.69, 9.17) is 28.4 Å². The lowest BCUT2D eigenvalue weighted by Crippen LogP contribution is -2.13. The van der Waals surface area contributed by atoms with Crippen LogP contribution in [0.2, 0.25) is 0 Å². The molecule has 0 heterocycles. The van der Waals surface area contributed by atoms with Gasteiger partial charge in [-0.15, -0.1) is 0 Å². The summed E-state index contributed by atoms with van der Waals surface area (Å²) in [7, 11) is 0. The van der Waals surface area contributed by atoms with E-state index in [0.717, 1.165) is 62.8 Å². The van der Waals surface area contributed by atoms with E-state index in [9.17, 15) is 38.1 Å². The Balaban J connectivity index is 0.999. The second-order valence-corrected chi connectivity index (χ2v) is 20.6. The first-order chi connectivity index (χ1) is 39.5. The molecule has 5 aromatic rings. The highest BCUT2D eigenvalue weighted by atomic mass is 19.1. The molecule has 15 heteroatoms. The number of benzene rings is 5.